The van der Waals surface area contributed by atoms with Crippen molar-refractivity contribution in [1.29, 1.82) is 0 Å². The second kappa shape index (κ2) is 8.98. The third-order valence-corrected chi connectivity index (χ3v) is 5.88. The molecule has 29 heavy (non-hydrogen) atoms. The number of ether oxygens (including phenoxy) is 1. The van der Waals surface area contributed by atoms with E-state index in [9.17, 15) is 13.6 Å². The van der Waals surface area contributed by atoms with E-state index in [-0.39, 0.29) is 12.1 Å². The van der Waals surface area contributed by atoms with Crippen LogP contribution in [0, 0.1) is 0 Å². The molecule has 8 heteroatoms. The fraction of sp³-hybridized carbons (Fsp3) is 0.571. The first-order valence-electron chi connectivity index (χ1n) is 10.3. The number of rotatable bonds is 6. The molecule has 3 heterocycles. The van der Waals surface area contributed by atoms with E-state index in [1.54, 1.807) is 12.1 Å². The van der Waals surface area contributed by atoms with Crippen molar-refractivity contribution in [3.63, 3.8) is 0 Å². The van der Waals surface area contributed by atoms with Gasteiger partial charge in [0, 0.05) is 43.3 Å². The maximum absolute atomic E-state index is 12.6. The molecule has 1 aliphatic heterocycles. The number of pyridine rings is 1. The summed E-state index contributed by atoms with van der Waals surface area (Å²) in [5.41, 5.74) is 0.302. The van der Waals surface area contributed by atoms with Crippen LogP contribution in [0.15, 0.2) is 35.5 Å². The number of nitrogens with zero attached hydrogens (tertiary/aromatic N) is 4. The van der Waals surface area contributed by atoms with Crippen molar-refractivity contribution < 1.29 is 13.5 Å². The van der Waals surface area contributed by atoms with Crippen molar-refractivity contribution >= 4 is 0 Å². The number of hydrogen-bond donors (Lipinski definition) is 0. The van der Waals surface area contributed by atoms with Gasteiger partial charge in [0.1, 0.15) is 6.10 Å². The van der Waals surface area contributed by atoms with Crippen LogP contribution >= 0.6 is 0 Å². The van der Waals surface area contributed by atoms with Gasteiger partial charge in [-0.15, -0.1) is 0 Å². The van der Waals surface area contributed by atoms with Crippen LogP contribution in [0.3, 0.4) is 0 Å². The first kappa shape index (κ1) is 19.9. The molecule has 6 nitrogen and oxygen atoms in total. The molecule has 4 rings (SSSR count). The van der Waals surface area contributed by atoms with Crippen LogP contribution in [-0.4, -0.2) is 51.1 Å². The Morgan fingerprint density at radius 1 is 1.10 bits per heavy atom. The minimum atomic E-state index is -2.59. The molecule has 0 bridgehead atoms. The largest absolute Gasteiger partial charge is 0.460 e. The molecule has 0 aromatic carbocycles. The Morgan fingerprint density at radius 2 is 1.79 bits per heavy atom. The molecule has 0 unspecified atom stereocenters. The van der Waals surface area contributed by atoms with E-state index >= 15 is 0 Å². The lowest BCUT2D eigenvalue weighted by Crippen LogP contribution is -2.43. The lowest BCUT2D eigenvalue weighted by Gasteiger charge is -2.35. The molecule has 2 aromatic heterocycles. The smallest absolute Gasteiger partial charge is 0.316 e. The van der Waals surface area contributed by atoms with Gasteiger partial charge in [-0.25, -0.2) is 18.7 Å². The minimum Gasteiger partial charge on any atom is -0.460 e. The zero-order valence-corrected chi connectivity index (χ0v) is 16.3. The van der Waals surface area contributed by atoms with Gasteiger partial charge in [-0.05, 0) is 37.8 Å². The van der Waals surface area contributed by atoms with Gasteiger partial charge in [0.2, 0.25) is 0 Å². The quantitative estimate of drug-likeness (QED) is 0.739. The summed E-state index contributed by atoms with van der Waals surface area (Å²) in [5, 5.41) is 0. The second-order valence-electron chi connectivity index (χ2n) is 7.82. The van der Waals surface area contributed by atoms with Gasteiger partial charge in [-0.2, -0.15) is 0 Å². The first-order valence-corrected chi connectivity index (χ1v) is 10.3. The molecule has 2 aromatic rings. The van der Waals surface area contributed by atoms with Crippen LogP contribution < -0.4 is 10.3 Å². The fourth-order valence-electron chi connectivity index (χ4n) is 4.34. The Bertz CT molecular complexity index is 858. The van der Waals surface area contributed by atoms with Crippen molar-refractivity contribution in [3.05, 3.63) is 41.1 Å². The van der Waals surface area contributed by atoms with Gasteiger partial charge in [0.15, 0.2) is 0 Å². The van der Waals surface area contributed by atoms with E-state index in [0.717, 1.165) is 36.5 Å². The zero-order valence-electron chi connectivity index (χ0n) is 16.3. The Balaban J connectivity index is 1.37. The molecule has 1 saturated carbocycles. The van der Waals surface area contributed by atoms with Crippen molar-refractivity contribution in [2.75, 3.05) is 13.1 Å². The monoisotopic (exact) mass is 404 g/mol. The Morgan fingerprint density at radius 3 is 2.45 bits per heavy atom. The van der Waals surface area contributed by atoms with Crippen molar-refractivity contribution in [2.24, 2.45) is 0 Å². The van der Waals surface area contributed by atoms with Gasteiger partial charge in [-0.1, -0.05) is 12.8 Å². The van der Waals surface area contributed by atoms with E-state index in [1.807, 2.05) is 0 Å². The molecule has 0 amide bonds. The molecule has 1 saturated heterocycles. The fourth-order valence-corrected chi connectivity index (χ4v) is 4.34. The molecule has 2 aliphatic rings. The van der Waals surface area contributed by atoms with Gasteiger partial charge in [-0.3, -0.25) is 4.79 Å². The van der Waals surface area contributed by atoms with Crippen LogP contribution in [0.4, 0.5) is 8.78 Å². The average Bonchev–Trinajstić information content (AvgIpc) is 3.26. The van der Waals surface area contributed by atoms with Gasteiger partial charge in [0.25, 0.3) is 12.0 Å². The van der Waals surface area contributed by atoms with Gasteiger partial charge in [0.05, 0.1) is 12.1 Å². The molecule has 0 N–H and O–H groups in total. The van der Waals surface area contributed by atoms with E-state index < -0.39 is 18.5 Å². The highest BCUT2D eigenvalue weighted by atomic mass is 19.3. The molecular formula is C21H26F2N4O2. The molecule has 1 aliphatic carbocycles. The lowest BCUT2D eigenvalue weighted by atomic mass is 10.0. The maximum atomic E-state index is 12.6. The standard InChI is InChI=1S/C21H26F2N4O2/c22-19(23)14-27-9-3-6-18(20(27)28)15-12-24-21(25-13-15)29-17-7-10-26(11-8-17)16-4-1-2-5-16/h3,6,9,12-13,16-17,19H,1-2,4-5,7-8,10-11,14H2. The highest BCUT2D eigenvalue weighted by molar-refractivity contribution is 5.60. The summed E-state index contributed by atoms with van der Waals surface area (Å²) in [4.78, 5) is 23.4. The van der Waals surface area contributed by atoms with Crippen LogP contribution in [0.25, 0.3) is 11.1 Å². The average molecular weight is 404 g/mol. The number of alkyl halides is 2. The lowest BCUT2D eigenvalue weighted by molar-refractivity contribution is 0.0710. The Labute approximate surface area is 168 Å². The topological polar surface area (TPSA) is 60.2 Å². The van der Waals surface area contributed by atoms with Gasteiger partial charge < -0.3 is 14.2 Å². The SMILES string of the molecule is O=c1c(-c2cnc(OC3CCN(C4CCCC4)CC3)nc2)cccn1CC(F)F. The number of aromatic nitrogens is 3. The van der Waals surface area contributed by atoms with Crippen LogP contribution in [-0.2, 0) is 6.54 Å². The van der Waals surface area contributed by atoms with Gasteiger partial charge >= 0.3 is 6.01 Å². The molecular weight excluding hydrogens is 378 g/mol. The van der Waals surface area contributed by atoms with Crippen LogP contribution in [0.2, 0.25) is 0 Å². The Hall–Kier alpha value is -2.35. The summed E-state index contributed by atoms with van der Waals surface area (Å²) in [6, 6.07) is 4.19. The second-order valence-corrected chi connectivity index (χ2v) is 7.82. The predicted octanol–water partition coefficient (Wildman–Crippen LogP) is 3.36. The van der Waals surface area contributed by atoms with Crippen molar-refractivity contribution in [3.8, 4) is 17.1 Å². The number of piperidine rings is 1. The molecule has 0 atom stereocenters. The number of likely N-dealkylation sites (tertiary alicyclic amines) is 1. The van der Waals surface area contributed by atoms with E-state index in [0.29, 0.717) is 11.1 Å². The van der Waals surface area contributed by atoms with Crippen LogP contribution in [0.5, 0.6) is 6.01 Å². The Kier molecular flexibility index (Phi) is 6.18. The van der Waals surface area contributed by atoms with E-state index in [2.05, 4.69) is 14.9 Å². The summed E-state index contributed by atoms with van der Waals surface area (Å²) in [7, 11) is 0. The minimum absolute atomic E-state index is 0.0958. The summed E-state index contributed by atoms with van der Waals surface area (Å²) >= 11 is 0. The number of halogens is 2. The summed E-state index contributed by atoms with van der Waals surface area (Å²) in [5.74, 6) is 0. The summed E-state index contributed by atoms with van der Waals surface area (Å²) in [6.45, 7) is 1.45. The molecule has 0 radical (unpaired) electrons. The first-order chi connectivity index (χ1) is 14.1. The summed E-state index contributed by atoms with van der Waals surface area (Å²) in [6.07, 6.45) is 9.12. The third-order valence-electron chi connectivity index (χ3n) is 5.88. The highest BCUT2D eigenvalue weighted by Crippen LogP contribution is 2.27. The van der Waals surface area contributed by atoms with E-state index in [1.165, 1.54) is 44.3 Å². The predicted molar refractivity (Wildman–Crippen MR) is 105 cm³/mol. The molecule has 2 fully saturated rings. The number of hydrogen-bond acceptors (Lipinski definition) is 5. The van der Waals surface area contributed by atoms with Crippen LogP contribution in [0.1, 0.15) is 38.5 Å². The molecule has 156 valence electrons. The van der Waals surface area contributed by atoms with Crippen molar-refractivity contribution in [1.82, 2.24) is 19.4 Å². The summed E-state index contributed by atoms with van der Waals surface area (Å²) < 4.78 is 32.2. The highest BCUT2D eigenvalue weighted by Gasteiger charge is 2.28. The maximum Gasteiger partial charge on any atom is 0.316 e. The van der Waals surface area contributed by atoms with E-state index in [4.69, 9.17) is 4.74 Å². The normalized spacial score (nSPS) is 19.1. The van der Waals surface area contributed by atoms with Crippen molar-refractivity contribution in [2.45, 2.75) is 63.6 Å². The molecule has 0 spiro atoms. The third kappa shape index (κ3) is 4.80. The zero-order chi connectivity index (χ0) is 20.2.